The zero-order valence-corrected chi connectivity index (χ0v) is 8.08. The van der Waals surface area contributed by atoms with Gasteiger partial charge in [0.1, 0.15) is 0 Å². The van der Waals surface area contributed by atoms with Crippen LogP contribution in [-0.4, -0.2) is 11.1 Å². The molecule has 2 heteroatoms. The lowest BCUT2D eigenvalue weighted by Gasteiger charge is -2.11. The fourth-order valence-corrected chi connectivity index (χ4v) is 1.42. The SMILES string of the molecule is CC=CC(C)CC(C)CC(=O)O. The third kappa shape index (κ3) is 5.96. The highest BCUT2D eigenvalue weighted by Crippen LogP contribution is 2.15. The molecule has 0 spiro atoms. The molecule has 1 N–H and O–H groups in total. The zero-order chi connectivity index (χ0) is 9.56. The van der Waals surface area contributed by atoms with Crippen molar-refractivity contribution >= 4 is 5.97 Å². The highest BCUT2D eigenvalue weighted by molar-refractivity contribution is 5.66. The van der Waals surface area contributed by atoms with Crippen molar-refractivity contribution in [2.45, 2.75) is 33.6 Å². The molecule has 12 heavy (non-hydrogen) atoms. The van der Waals surface area contributed by atoms with Crippen LogP contribution in [-0.2, 0) is 4.79 Å². The van der Waals surface area contributed by atoms with Crippen molar-refractivity contribution in [1.82, 2.24) is 0 Å². The fraction of sp³-hybridized carbons (Fsp3) is 0.700. The van der Waals surface area contributed by atoms with Crippen LogP contribution in [0.5, 0.6) is 0 Å². The van der Waals surface area contributed by atoms with Crippen molar-refractivity contribution in [2.75, 3.05) is 0 Å². The summed E-state index contributed by atoms with van der Waals surface area (Å²) in [5.41, 5.74) is 0. The van der Waals surface area contributed by atoms with E-state index in [2.05, 4.69) is 13.0 Å². The van der Waals surface area contributed by atoms with Gasteiger partial charge in [0.15, 0.2) is 0 Å². The molecule has 0 amide bonds. The molecular weight excluding hydrogens is 152 g/mol. The second-order valence-corrected chi connectivity index (χ2v) is 3.44. The van der Waals surface area contributed by atoms with E-state index in [4.69, 9.17) is 5.11 Å². The minimum Gasteiger partial charge on any atom is -0.481 e. The summed E-state index contributed by atoms with van der Waals surface area (Å²) in [4.78, 5) is 10.3. The average molecular weight is 170 g/mol. The Kier molecular flexibility index (Phi) is 5.43. The first-order valence-corrected chi connectivity index (χ1v) is 4.40. The maximum Gasteiger partial charge on any atom is 0.303 e. The van der Waals surface area contributed by atoms with E-state index in [-0.39, 0.29) is 12.3 Å². The molecule has 0 aromatic carbocycles. The Morgan fingerprint density at radius 2 is 2.08 bits per heavy atom. The number of aliphatic carboxylic acids is 1. The lowest BCUT2D eigenvalue weighted by molar-refractivity contribution is -0.138. The molecule has 0 aromatic rings. The molecule has 0 heterocycles. The predicted octanol–water partition coefficient (Wildman–Crippen LogP) is 2.70. The Morgan fingerprint density at radius 3 is 2.50 bits per heavy atom. The molecule has 0 aliphatic carbocycles. The minimum atomic E-state index is -0.699. The molecule has 2 atom stereocenters. The number of carboxylic acids is 1. The number of allylic oxidation sites excluding steroid dienone is 2. The number of hydrogen-bond donors (Lipinski definition) is 1. The Balaban J connectivity index is 3.67. The van der Waals surface area contributed by atoms with E-state index in [0.29, 0.717) is 5.92 Å². The smallest absolute Gasteiger partial charge is 0.303 e. The van der Waals surface area contributed by atoms with E-state index in [0.717, 1.165) is 6.42 Å². The summed E-state index contributed by atoms with van der Waals surface area (Å²) < 4.78 is 0. The van der Waals surface area contributed by atoms with E-state index < -0.39 is 5.97 Å². The van der Waals surface area contributed by atoms with Gasteiger partial charge in [-0.2, -0.15) is 0 Å². The molecule has 0 aromatic heterocycles. The summed E-state index contributed by atoms with van der Waals surface area (Å²) in [5.74, 6) is 0.0632. The number of hydrogen-bond acceptors (Lipinski definition) is 1. The van der Waals surface area contributed by atoms with Crippen LogP contribution in [0.4, 0.5) is 0 Å². The highest BCUT2D eigenvalue weighted by Gasteiger charge is 2.09. The molecule has 0 bridgehead atoms. The molecule has 2 unspecified atom stereocenters. The molecule has 0 radical (unpaired) electrons. The first-order chi connectivity index (χ1) is 5.56. The van der Waals surface area contributed by atoms with Crippen molar-refractivity contribution in [1.29, 1.82) is 0 Å². The standard InChI is InChI=1S/C10H18O2/c1-4-5-8(2)6-9(3)7-10(11)12/h4-5,8-9H,6-7H2,1-3H3,(H,11,12). The second kappa shape index (κ2) is 5.81. The van der Waals surface area contributed by atoms with E-state index >= 15 is 0 Å². The number of rotatable bonds is 5. The van der Waals surface area contributed by atoms with E-state index in [1.165, 1.54) is 0 Å². The summed E-state index contributed by atoms with van der Waals surface area (Å²) in [6, 6.07) is 0. The molecule has 0 saturated carbocycles. The van der Waals surface area contributed by atoms with Gasteiger partial charge in [-0.1, -0.05) is 26.0 Å². The Morgan fingerprint density at radius 1 is 1.50 bits per heavy atom. The van der Waals surface area contributed by atoms with Crippen LogP contribution in [0.15, 0.2) is 12.2 Å². The van der Waals surface area contributed by atoms with Gasteiger partial charge < -0.3 is 5.11 Å². The third-order valence-corrected chi connectivity index (χ3v) is 1.82. The van der Waals surface area contributed by atoms with Crippen LogP contribution in [0.25, 0.3) is 0 Å². The molecule has 0 aliphatic rings. The molecule has 0 rings (SSSR count). The average Bonchev–Trinajstić information content (AvgIpc) is 1.84. The number of carboxylic acid groups (broad SMARTS) is 1. The van der Waals surface area contributed by atoms with Crippen LogP contribution in [0.1, 0.15) is 33.6 Å². The van der Waals surface area contributed by atoms with Crippen LogP contribution in [0.2, 0.25) is 0 Å². The van der Waals surface area contributed by atoms with Gasteiger partial charge in [0.2, 0.25) is 0 Å². The lowest BCUT2D eigenvalue weighted by Crippen LogP contribution is -2.07. The van der Waals surface area contributed by atoms with Gasteiger partial charge in [0.05, 0.1) is 0 Å². The van der Waals surface area contributed by atoms with Crippen molar-refractivity contribution in [2.24, 2.45) is 11.8 Å². The summed E-state index contributed by atoms with van der Waals surface area (Å²) in [6.45, 7) is 6.07. The minimum absolute atomic E-state index is 0.272. The van der Waals surface area contributed by atoms with E-state index in [1.54, 1.807) is 0 Å². The number of carbonyl (C=O) groups is 1. The Labute approximate surface area is 74.3 Å². The predicted molar refractivity (Wildman–Crippen MR) is 50.0 cm³/mol. The van der Waals surface area contributed by atoms with E-state index in [9.17, 15) is 4.79 Å². The summed E-state index contributed by atoms with van der Waals surface area (Å²) in [6.07, 6.45) is 5.36. The summed E-state index contributed by atoms with van der Waals surface area (Å²) in [7, 11) is 0. The highest BCUT2D eigenvalue weighted by atomic mass is 16.4. The quantitative estimate of drug-likeness (QED) is 0.644. The van der Waals surface area contributed by atoms with Crippen LogP contribution in [0.3, 0.4) is 0 Å². The van der Waals surface area contributed by atoms with Crippen LogP contribution >= 0.6 is 0 Å². The van der Waals surface area contributed by atoms with Gasteiger partial charge >= 0.3 is 5.97 Å². The maximum absolute atomic E-state index is 10.3. The van der Waals surface area contributed by atoms with Crippen molar-refractivity contribution in [3.63, 3.8) is 0 Å². The maximum atomic E-state index is 10.3. The van der Waals surface area contributed by atoms with Gasteiger partial charge in [-0.15, -0.1) is 0 Å². The largest absolute Gasteiger partial charge is 0.481 e. The zero-order valence-electron chi connectivity index (χ0n) is 8.08. The van der Waals surface area contributed by atoms with Gasteiger partial charge in [-0.3, -0.25) is 4.79 Å². The normalized spacial score (nSPS) is 16.2. The molecule has 70 valence electrons. The van der Waals surface area contributed by atoms with Crippen molar-refractivity contribution in [3.05, 3.63) is 12.2 Å². The monoisotopic (exact) mass is 170 g/mol. The molecule has 0 fully saturated rings. The third-order valence-electron chi connectivity index (χ3n) is 1.82. The van der Waals surface area contributed by atoms with Gasteiger partial charge in [0.25, 0.3) is 0 Å². The fourth-order valence-electron chi connectivity index (χ4n) is 1.42. The molecule has 0 saturated heterocycles. The van der Waals surface area contributed by atoms with Gasteiger partial charge in [-0.25, -0.2) is 0 Å². The summed E-state index contributed by atoms with van der Waals surface area (Å²) in [5, 5.41) is 8.51. The molecular formula is C10H18O2. The molecule has 0 aliphatic heterocycles. The van der Waals surface area contributed by atoms with Crippen molar-refractivity contribution in [3.8, 4) is 0 Å². The van der Waals surface area contributed by atoms with Crippen LogP contribution < -0.4 is 0 Å². The topological polar surface area (TPSA) is 37.3 Å². The first kappa shape index (κ1) is 11.2. The first-order valence-electron chi connectivity index (χ1n) is 4.40. The second-order valence-electron chi connectivity index (χ2n) is 3.44. The van der Waals surface area contributed by atoms with Crippen molar-refractivity contribution < 1.29 is 9.90 Å². The van der Waals surface area contributed by atoms with Gasteiger partial charge in [0, 0.05) is 6.42 Å². The summed E-state index contributed by atoms with van der Waals surface area (Å²) >= 11 is 0. The Bertz CT molecular complexity index is 161. The lowest BCUT2D eigenvalue weighted by atomic mass is 9.94. The molecule has 2 nitrogen and oxygen atoms in total. The Hall–Kier alpha value is -0.790. The van der Waals surface area contributed by atoms with Crippen LogP contribution in [0, 0.1) is 11.8 Å². The van der Waals surface area contributed by atoms with Gasteiger partial charge in [-0.05, 0) is 25.2 Å². The van der Waals surface area contributed by atoms with E-state index in [1.807, 2.05) is 19.9 Å².